The van der Waals surface area contributed by atoms with Crippen molar-refractivity contribution in [3.8, 4) is 5.75 Å². The van der Waals surface area contributed by atoms with Gasteiger partial charge in [0.25, 0.3) is 11.8 Å². The minimum absolute atomic E-state index is 0.0824. The fourth-order valence-corrected chi connectivity index (χ4v) is 2.88. The Bertz CT molecular complexity index is 1030. The number of phenolic OH excluding ortho intramolecular Hbond substituents is 1. The fourth-order valence-electron chi connectivity index (χ4n) is 2.88. The molecule has 2 amide bonds. The van der Waals surface area contributed by atoms with E-state index >= 15 is 0 Å². The van der Waals surface area contributed by atoms with Gasteiger partial charge in [0.1, 0.15) is 5.75 Å². The van der Waals surface area contributed by atoms with Crippen LogP contribution in [0.1, 0.15) is 46.3 Å². The Hall–Kier alpha value is -3.42. The third-order valence-electron chi connectivity index (χ3n) is 4.34. The fraction of sp³-hybridized carbons (Fsp3) is 0.300. The molecule has 146 valence electrons. The Labute approximate surface area is 162 Å². The van der Waals surface area contributed by atoms with Gasteiger partial charge in [0, 0.05) is 24.5 Å². The molecule has 0 aliphatic heterocycles. The summed E-state index contributed by atoms with van der Waals surface area (Å²) in [6.07, 6.45) is 1.70. The van der Waals surface area contributed by atoms with Crippen LogP contribution in [0.5, 0.6) is 5.75 Å². The molecular formula is C20H23N5O3. The predicted molar refractivity (Wildman–Crippen MR) is 105 cm³/mol. The monoisotopic (exact) mass is 381 g/mol. The van der Waals surface area contributed by atoms with E-state index in [2.05, 4.69) is 20.7 Å². The summed E-state index contributed by atoms with van der Waals surface area (Å²) in [4.78, 5) is 29.0. The lowest BCUT2D eigenvalue weighted by atomic mass is 10.1. The molecule has 0 unspecified atom stereocenters. The number of hydrogen-bond acceptors (Lipinski definition) is 5. The van der Waals surface area contributed by atoms with E-state index in [0.29, 0.717) is 11.3 Å². The van der Waals surface area contributed by atoms with Crippen LogP contribution in [0.25, 0.3) is 11.0 Å². The Morgan fingerprint density at radius 3 is 2.39 bits per heavy atom. The lowest BCUT2D eigenvalue weighted by Crippen LogP contribution is -2.35. The van der Waals surface area contributed by atoms with E-state index in [1.807, 2.05) is 18.5 Å². The molecule has 3 rings (SSSR count). The molecular weight excluding hydrogens is 358 g/mol. The summed E-state index contributed by atoms with van der Waals surface area (Å²) in [5.74, 6) is -0.741. The maximum absolute atomic E-state index is 12.5. The molecule has 2 aromatic heterocycles. The summed E-state index contributed by atoms with van der Waals surface area (Å²) in [5, 5.41) is 20.2. The number of amides is 2. The van der Waals surface area contributed by atoms with E-state index in [0.717, 1.165) is 11.0 Å². The topological polar surface area (TPSA) is 109 Å². The summed E-state index contributed by atoms with van der Waals surface area (Å²) in [6.45, 7) is 6.31. The molecule has 3 aromatic rings. The molecule has 0 aliphatic rings. The van der Waals surface area contributed by atoms with Crippen LogP contribution < -0.4 is 10.6 Å². The van der Waals surface area contributed by atoms with Gasteiger partial charge in [-0.25, -0.2) is 9.67 Å². The molecule has 0 spiro atoms. The number of aromatic hydroxyl groups is 1. The predicted octanol–water partition coefficient (Wildman–Crippen LogP) is 2.19. The number of pyridine rings is 1. The van der Waals surface area contributed by atoms with Gasteiger partial charge in [-0.3, -0.25) is 9.59 Å². The molecule has 0 saturated carbocycles. The van der Waals surface area contributed by atoms with Crippen LogP contribution in [0.15, 0.2) is 36.5 Å². The van der Waals surface area contributed by atoms with Crippen molar-refractivity contribution in [2.24, 2.45) is 0 Å². The normalized spacial score (nSPS) is 11.0. The molecule has 3 N–H and O–H groups in total. The number of nitrogens with one attached hydrogen (secondary N) is 2. The molecule has 2 heterocycles. The first-order chi connectivity index (χ1) is 13.4. The summed E-state index contributed by atoms with van der Waals surface area (Å²) in [6, 6.07) is 8.25. The molecule has 0 radical (unpaired) electrons. The summed E-state index contributed by atoms with van der Waals surface area (Å²) in [5.41, 5.74) is 2.04. The van der Waals surface area contributed by atoms with Crippen molar-refractivity contribution in [2.45, 2.75) is 26.8 Å². The van der Waals surface area contributed by atoms with Gasteiger partial charge in [-0.05, 0) is 39.0 Å². The molecule has 0 fully saturated rings. The molecule has 8 heteroatoms. The van der Waals surface area contributed by atoms with Crippen molar-refractivity contribution in [3.05, 3.63) is 53.3 Å². The third-order valence-corrected chi connectivity index (χ3v) is 4.34. The standard InChI is InChI=1S/C20H23N5O3/c1-12(2)25-18-14(11-23-25)10-16(13(3)24-18)20(28)22-9-8-21-19(27)15-6-4-5-7-17(15)26/h4-7,10-12,26H,8-9H2,1-3H3,(H,21,27)(H,22,28). The van der Waals surface area contributed by atoms with Crippen LogP contribution >= 0.6 is 0 Å². The van der Waals surface area contributed by atoms with Crippen LogP contribution in [-0.2, 0) is 0 Å². The smallest absolute Gasteiger partial charge is 0.255 e. The minimum atomic E-state index is -0.396. The lowest BCUT2D eigenvalue weighted by Gasteiger charge is -2.10. The van der Waals surface area contributed by atoms with Gasteiger partial charge < -0.3 is 15.7 Å². The van der Waals surface area contributed by atoms with E-state index in [-0.39, 0.29) is 36.4 Å². The Balaban J connectivity index is 1.60. The van der Waals surface area contributed by atoms with Crippen molar-refractivity contribution in [2.75, 3.05) is 13.1 Å². The second-order valence-corrected chi connectivity index (χ2v) is 6.75. The van der Waals surface area contributed by atoms with Gasteiger partial charge in [0.15, 0.2) is 5.65 Å². The minimum Gasteiger partial charge on any atom is -0.507 e. The zero-order valence-corrected chi connectivity index (χ0v) is 16.1. The molecule has 0 aliphatic carbocycles. The van der Waals surface area contributed by atoms with Crippen molar-refractivity contribution >= 4 is 22.8 Å². The quantitative estimate of drug-likeness (QED) is 0.567. The summed E-state index contributed by atoms with van der Waals surface area (Å²) < 4.78 is 1.82. The number of para-hydroxylation sites is 1. The maximum atomic E-state index is 12.5. The zero-order valence-electron chi connectivity index (χ0n) is 16.1. The number of aromatic nitrogens is 3. The highest BCUT2D eigenvalue weighted by molar-refractivity contribution is 5.98. The van der Waals surface area contributed by atoms with Crippen LogP contribution in [-0.4, -0.2) is 44.8 Å². The zero-order chi connectivity index (χ0) is 20.3. The van der Waals surface area contributed by atoms with E-state index in [4.69, 9.17) is 0 Å². The summed E-state index contributed by atoms with van der Waals surface area (Å²) >= 11 is 0. The molecule has 0 saturated heterocycles. The SMILES string of the molecule is Cc1nc2c(cnn2C(C)C)cc1C(=O)NCCNC(=O)c1ccccc1O. The molecule has 28 heavy (non-hydrogen) atoms. The van der Waals surface area contributed by atoms with Gasteiger partial charge in [-0.1, -0.05) is 12.1 Å². The first kappa shape index (κ1) is 19.3. The number of fused-ring (bicyclic) bond motifs is 1. The van der Waals surface area contributed by atoms with Crippen molar-refractivity contribution in [3.63, 3.8) is 0 Å². The first-order valence-electron chi connectivity index (χ1n) is 9.07. The maximum Gasteiger partial charge on any atom is 0.255 e. The Kier molecular flexibility index (Phi) is 5.58. The van der Waals surface area contributed by atoms with Crippen LogP contribution in [0.2, 0.25) is 0 Å². The van der Waals surface area contributed by atoms with Crippen LogP contribution in [0, 0.1) is 6.92 Å². The number of nitrogens with zero attached hydrogens (tertiary/aromatic N) is 3. The lowest BCUT2D eigenvalue weighted by molar-refractivity contribution is 0.0925. The van der Waals surface area contributed by atoms with E-state index < -0.39 is 5.91 Å². The highest BCUT2D eigenvalue weighted by atomic mass is 16.3. The van der Waals surface area contributed by atoms with E-state index in [9.17, 15) is 14.7 Å². The number of hydrogen-bond donors (Lipinski definition) is 3. The number of benzene rings is 1. The first-order valence-corrected chi connectivity index (χ1v) is 9.07. The highest BCUT2D eigenvalue weighted by Gasteiger charge is 2.15. The number of rotatable bonds is 6. The molecule has 0 atom stereocenters. The summed E-state index contributed by atoms with van der Waals surface area (Å²) in [7, 11) is 0. The second-order valence-electron chi connectivity index (χ2n) is 6.75. The van der Waals surface area contributed by atoms with Crippen molar-refractivity contribution in [1.82, 2.24) is 25.4 Å². The number of aryl methyl sites for hydroxylation is 1. The van der Waals surface area contributed by atoms with Gasteiger partial charge in [0.2, 0.25) is 0 Å². The average Bonchev–Trinajstić information content (AvgIpc) is 3.07. The molecule has 8 nitrogen and oxygen atoms in total. The second kappa shape index (κ2) is 8.08. The van der Waals surface area contributed by atoms with Gasteiger partial charge in [0.05, 0.1) is 23.0 Å². The van der Waals surface area contributed by atoms with Crippen molar-refractivity contribution < 1.29 is 14.7 Å². The average molecular weight is 381 g/mol. The van der Waals surface area contributed by atoms with E-state index in [1.165, 1.54) is 12.1 Å². The van der Waals surface area contributed by atoms with Crippen LogP contribution in [0.4, 0.5) is 0 Å². The number of carbonyl (C=O) groups excluding carboxylic acids is 2. The molecule has 0 bridgehead atoms. The van der Waals surface area contributed by atoms with Crippen molar-refractivity contribution in [1.29, 1.82) is 0 Å². The number of phenols is 1. The van der Waals surface area contributed by atoms with Gasteiger partial charge in [-0.15, -0.1) is 0 Å². The molecule has 1 aromatic carbocycles. The van der Waals surface area contributed by atoms with Gasteiger partial charge in [-0.2, -0.15) is 5.10 Å². The third kappa shape index (κ3) is 3.95. The van der Waals surface area contributed by atoms with E-state index in [1.54, 1.807) is 31.3 Å². The largest absolute Gasteiger partial charge is 0.507 e. The highest BCUT2D eigenvalue weighted by Crippen LogP contribution is 2.19. The Morgan fingerprint density at radius 1 is 1.11 bits per heavy atom. The number of carbonyl (C=O) groups is 2. The Morgan fingerprint density at radius 2 is 1.75 bits per heavy atom. The van der Waals surface area contributed by atoms with Crippen LogP contribution in [0.3, 0.4) is 0 Å². The van der Waals surface area contributed by atoms with Gasteiger partial charge >= 0.3 is 0 Å².